The summed E-state index contributed by atoms with van der Waals surface area (Å²) in [6.45, 7) is 3.33. The molecule has 27 heavy (non-hydrogen) atoms. The zero-order valence-corrected chi connectivity index (χ0v) is 16.0. The first-order chi connectivity index (χ1) is 13.0. The fourth-order valence-corrected chi connectivity index (χ4v) is 4.12. The predicted octanol–water partition coefficient (Wildman–Crippen LogP) is 0.481. The zero-order valence-electron chi connectivity index (χ0n) is 16.0. The molecule has 4 rings (SSSR count). The molecule has 2 fully saturated rings. The molecule has 0 aromatic carbocycles. The van der Waals surface area contributed by atoms with Crippen LogP contribution in [0.4, 0.5) is 5.82 Å². The first kappa shape index (κ1) is 17.7. The molecule has 0 bridgehead atoms. The van der Waals surface area contributed by atoms with Crippen molar-refractivity contribution in [2.75, 3.05) is 32.1 Å². The van der Waals surface area contributed by atoms with Gasteiger partial charge in [-0.3, -0.25) is 9.59 Å². The summed E-state index contributed by atoms with van der Waals surface area (Å²) in [4.78, 5) is 39.0. The highest BCUT2D eigenvalue weighted by atomic mass is 16.2. The van der Waals surface area contributed by atoms with E-state index in [0.29, 0.717) is 25.2 Å². The van der Waals surface area contributed by atoms with Crippen LogP contribution >= 0.6 is 0 Å². The van der Waals surface area contributed by atoms with E-state index >= 15 is 0 Å². The number of aryl methyl sites for hydroxylation is 1. The van der Waals surface area contributed by atoms with E-state index in [4.69, 9.17) is 0 Å². The van der Waals surface area contributed by atoms with E-state index in [-0.39, 0.29) is 23.9 Å². The Kier molecular flexibility index (Phi) is 4.45. The van der Waals surface area contributed by atoms with Crippen LogP contribution in [0.5, 0.6) is 0 Å². The summed E-state index contributed by atoms with van der Waals surface area (Å²) in [7, 11) is 3.76. The van der Waals surface area contributed by atoms with Gasteiger partial charge in [0.15, 0.2) is 0 Å². The minimum atomic E-state index is -0.313. The summed E-state index contributed by atoms with van der Waals surface area (Å²) in [6, 6.07) is 1.86. The van der Waals surface area contributed by atoms with Crippen LogP contribution in [0.15, 0.2) is 12.4 Å². The Balaban J connectivity index is 1.53. The number of anilines is 1. The number of carbonyl (C=O) groups excluding carboxylic acids is 2. The van der Waals surface area contributed by atoms with Gasteiger partial charge in [0.2, 0.25) is 11.8 Å². The third-order valence-corrected chi connectivity index (χ3v) is 5.76. The number of likely N-dealkylation sites (tertiary alicyclic amines) is 2. The Labute approximate surface area is 158 Å². The van der Waals surface area contributed by atoms with Crippen molar-refractivity contribution in [1.29, 1.82) is 0 Å². The highest BCUT2D eigenvalue weighted by molar-refractivity contribution is 5.90. The highest BCUT2D eigenvalue weighted by Gasteiger charge is 2.38. The maximum atomic E-state index is 13.0. The fourth-order valence-electron chi connectivity index (χ4n) is 4.12. The number of piperidine rings is 1. The van der Waals surface area contributed by atoms with Crippen molar-refractivity contribution < 1.29 is 9.59 Å². The molecule has 0 aliphatic carbocycles. The normalized spacial score (nSPS) is 23.3. The topological polar surface area (TPSA) is 86.9 Å². The average molecular weight is 371 g/mol. The Morgan fingerprint density at radius 3 is 2.89 bits per heavy atom. The number of hydrogen-bond acceptors (Lipinski definition) is 6. The molecule has 144 valence electrons. The Bertz CT molecular complexity index is 880. The van der Waals surface area contributed by atoms with E-state index in [2.05, 4.69) is 20.0 Å². The molecule has 2 aromatic rings. The van der Waals surface area contributed by atoms with E-state index in [1.807, 2.05) is 24.9 Å². The van der Waals surface area contributed by atoms with Crippen molar-refractivity contribution in [1.82, 2.24) is 29.4 Å². The quantitative estimate of drug-likeness (QED) is 0.780. The SMILES string of the molecule is Cc1cc(N(C)C2CCCN(C(=O)[C@@H]3CCC(=O)N3C)C2)n2ncnc2n1. The van der Waals surface area contributed by atoms with Crippen molar-refractivity contribution in [3.8, 4) is 0 Å². The van der Waals surface area contributed by atoms with Crippen LogP contribution in [-0.2, 0) is 9.59 Å². The van der Waals surface area contributed by atoms with Crippen LogP contribution in [0.2, 0.25) is 0 Å². The van der Waals surface area contributed by atoms with Crippen molar-refractivity contribution in [2.24, 2.45) is 0 Å². The van der Waals surface area contributed by atoms with Gasteiger partial charge in [-0.1, -0.05) is 0 Å². The molecule has 1 unspecified atom stereocenters. The molecule has 0 saturated carbocycles. The minimum Gasteiger partial charge on any atom is -0.355 e. The Morgan fingerprint density at radius 1 is 1.33 bits per heavy atom. The maximum absolute atomic E-state index is 13.0. The van der Waals surface area contributed by atoms with Crippen molar-refractivity contribution in [3.05, 3.63) is 18.1 Å². The second-order valence-electron chi connectivity index (χ2n) is 7.48. The number of fused-ring (bicyclic) bond motifs is 1. The molecule has 2 saturated heterocycles. The lowest BCUT2D eigenvalue weighted by Gasteiger charge is -2.40. The highest BCUT2D eigenvalue weighted by Crippen LogP contribution is 2.25. The molecule has 2 atom stereocenters. The number of hydrogen-bond donors (Lipinski definition) is 0. The van der Waals surface area contributed by atoms with Crippen molar-refractivity contribution in [2.45, 2.75) is 44.7 Å². The molecule has 2 aromatic heterocycles. The van der Waals surface area contributed by atoms with Crippen LogP contribution < -0.4 is 4.90 Å². The molecule has 9 heteroatoms. The number of amides is 2. The van der Waals surface area contributed by atoms with Crippen molar-refractivity contribution in [3.63, 3.8) is 0 Å². The van der Waals surface area contributed by atoms with Gasteiger partial charge in [-0.15, -0.1) is 0 Å². The first-order valence-corrected chi connectivity index (χ1v) is 9.40. The lowest BCUT2D eigenvalue weighted by molar-refractivity contribution is -0.141. The predicted molar refractivity (Wildman–Crippen MR) is 99.3 cm³/mol. The number of aromatic nitrogens is 4. The number of carbonyl (C=O) groups is 2. The summed E-state index contributed by atoms with van der Waals surface area (Å²) in [6.07, 6.45) is 4.52. The molecule has 4 heterocycles. The third kappa shape index (κ3) is 3.11. The molecule has 2 amide bonds. The van der Waals surface area contributed by atoms with Gasteiger partial charge in [-0.25, -0.2) is 4.98 Å². The largest absolute Gasteiger partial charge is 0.355 e. The van der Waals surface area contributed by atoms with Gasteiger partial charge in [0.05, 0.1) is 0 Å². The Hall–Kier alpha value is -2.71. The van der Waals surface area contributed by atoms with Gasteiger partial charge in [-0.2, -0.15) is 14.6 Å². The van der Waals surface area contributed by atoms with Crippen molar-refractivity contribution >= 4 is 23.4 Å². The van der Waals surface area contributed by atoms with Gasteiger partial charge in [-0.05, 0) is 26.2 Å². The summed E-state index contributed by atoms with van der Waals surface area (Å²) in [5.41, 5.74) is 0.882. The summed E-state index contributed by atoms with van der Waals surface area (Å²) in [5.74, 6) is 1.62. The smallest absolute Gasteiger partial charge is 0.254 e. The van der Waals surface area contributed by atoms with Crippen LogP contribution in [0.3, 0.4) is 0 Å². The van der Waals surface area contributed by atoms with Gasteiger partial charge in [0, 0.05) is 51.4 Å². The molecule has 2 aliphatic rings. The second kappa shape index (κ2) is 6.79. The zero-order chi connectivity index (χ0) is 19.1. The maximum Gasteiger partial charge on any atom is 0.254 e. The molecular formula is C18H25N7O2. The van der Waals surface area contributed by atoms with Gasteiger partial charge >= 0.3 is 0 Å². The van der Waals surface area contributed by atoms with E-state index in [9.17, 15) is 9.59 Å². The van der Waals surface area contributed by atoms with E-state index in [1.54, 1.807) is 16.5 Å². The van der Waals surface area contributed by atoms with Crippen LogP contribution in [0.1, 0.15) is 31.4 Å². The summed E-state index contributed by atoms with van der Waals surface area (Å²) >= 11 is 0. The monoisotopic (exact) mass is 371 g/mol. The first-order valence-electron chi connectivity index (χ1n) is 9.40. The number of likely N-dealkylation sites (N-methyl/N-ethyl adjacent to an activating group) is 2. The average Bonchev–Trinajstić information content (AvgIpc) is 3.27. The minimum absolute atomic E-state index is 0.0554. The second-order valence-corrected chi connectivity index (χ2v) is 7.48. The Morgan fingerprint density at radius 2 is 2.15 bits per heavy atom. The van der Waals surface area contributed by atoms with Gasteiger partial charge in [0.1, 0.15) is 18.2 Å². The molecule has 0 N–H and O–H groups in total. The molecule has 9 nitrogen and oxygen atoms in total. The lowest BCUT2D eigenvalue weighted by atomic mass is 10.0. The molecule has 0 radical (unpaired) electrons. The molecule has 0 spiro atoms. The van der Waals surface area contributed by atoms with Gasteiger partial charge < -0.3 is 14.7 Å². The van der Waals surface area contributed by atoms with Crippen LogP contribution in [0, 0.1) is 6.92 Å². The standard InChI is InChI=1S/C18H25N7O2/c1-12-9-15(25-18(21-12)19-11-20-25)22(2)13-5-4-8-24(10-13)17(27)14-6-7-16(26)23(14)3/h9,11,13-14H,4-8,10H2,1-3H3/t13?,14-/m0/s1. The van der Waals surface area contributed by atoms with E-state index in [0.717, 1.165) is 30.9 Å². The van der Waals surface area contributed by atoms with Crippen LogP contribution in [0.25, 0.3) is 5.78 Å². The molecular weight excluding hydrogens is 346 g/mol. The fraction of sp³-hybridized carbons (Fsp3) is 0.611. The third-order valence-electron chi connectivity index (χ3n) is 5.76. The van der Waals surface area contributed by atoms with E-state index < -0.39 is 0 Å². The number of nitrogens with zero attached hydrogens (tertiary/aromatic N) is 7. The summed E-state index contributed by atoms with van der Waals surface area (Å²) < 4.78 is 1.73. The van der Waals surface area contributed by atoms with Gasteiger partial charge in [0.25, 0.3) is 5.78 Å². The number of rotatable bonds is 3. The van der Waals surface area contributed by atoms with E-state index in [1.165, 1.54) is 6.33 Å². The van der Waals surface area contributed by atoms with Crippen LogP contribution in [-0.4, -0.2) is 80.5 Å². The molecule has 2 aliphatic heterocycles. The lowest BCUT2D eigenvalue weighted by Crippen LogP contribution is -2.53. The summed E-state index contributed by atoms with van der Waals surface area (Å²) in [5, 5.41) is 4.29.